The van der Waals surface area contributed by atoms with E-state index in [-0.39, 0.29) is 12.5 Å². The SMILES string of the molecule is Cc1ccccc1/C=C/C(=O)NCCCCO. The largest absolute Gasteiger partial charge is 0.396 e. The zero-order valence-corrected chi connectivity index (χ0v) is 10.1. The predicted molar refractivity (Wildman–Crippen MR) is 69.5 cm³/mol. The molecule has 0 aliphatic carbocycles. The lowest BCUT2D eigenvalue weighted by molar-refractivity contribution is -0.116. The molecule has 0 aliphatic rings. The van der Waals surface area contributed by atoms with Gasteiger partial charge >= 0.3 is 0 Å². The molecule has 3 heteroatoms. The lowest BCUT2D eigenvalue weighted by atomic mass is 10.1. The molecular weight excluding hydrogens is 214 g/mol. The lowest BCUT2D eigenvalue weighted by Gasteiger charge is -2.01. The molecule has 92 valence electrons. The van der Waals surface area contributed by atoms with Crippen molar-refractivity contribution in [2.75, 3.05) is 13.2 Å². The molecule has 1 aromatic carbocycles. The highest BCUT2D eigenvalue weighted by molar-refractivity contribution is 5.91. The maximum atomic E-state index is 11.4. The summed E-state index contributed by atoms with van der Waals surface area (Å²) in [5, 5.41) is 11.4. The molecule has 0 aromatic heterocycles. The fourth-order valence-electron chi connectivity index (χ4n) is 1.45. The molecule has 0 radical (unpaired) electrons. The minimum Gasteiger partial charge on any atom is -0.396 e. The third-order valence-electron chi connectivity index (χ3n) is 2.49. The number of hydrogen-bond acceptors (Lipinski definition) is 2. The second kappa shape index (κ2) is 7.63. The van der Waals surface area contributed by atoms with Crippen molar-refractivity contribution in [1.29, 1.82) is 0 Å². The van der Waals surface area contributed by atoms with Gasteiger partial charge in [0, 0.05) is 19.2 Å². The molecule has 0 saturated carbocycles. The first-order valence-corrected chi connectivity index (χ1v) is 5.86. The van der Waals surface area contributed by atoms with Crippen molar-refractivity contribution < 1.29 is 9.90 Å². The van der Waals surface area contributed by atoms with E-state index in [2.05, 4.69) is 5.32 Å². The molecule has 1 aromatic rings. The second-order valence-corrected chi connectivity index (χ2v) is 3.91. The Labute approximate surface area is 102 Å². The van der Waals surface area contributed by atoms with Gasteiger partial charge in [-0.1, -0.05) is 24.3 Å². The molecule has 0 saturated heterocycles. The monoisotopic (exact) mass is 233 g/mol. The fourth-order valence-corrected chi connectivity index (χ4v) is 1.45. The third kappa shape index (κ3) is 5.31. The van der Waals surface area contributed by atoms with Crippen LogP contribution in [0.25, 0.3) is 6.08 Å². The molecule has 17 heavy (non-hydrogen) atoms. The Morgan fingerprint density at radius 2 is 2.12 bits per heavy atom. The number of unbranched alkanes of at least 4 members (excludes halogenated alkanes) is 1. The number of aliphatic hydroxyl groups is 1. The maximum Gasteiger partial charge on any atom is 0.243 e. The first kappa shape index (κ1) is 13.5. The molecule has 0 heterocycles. The van der Waals surface area contributed by atoms with Gasteiger partial charge in [-0.2, -0.15) is 0 Å². The highest BCUT2D eigenvalue weighted by Gasteiger charge is 1.95. The summed E-state index contributed by atoms with van der Waals surface area (Å²) < 4.78 is 0. The van der Waals surface area contributed by atoms with Crippen LogP contribution < -0.4 is 5.32 Å². The van der Waals surface area contributed by atoms with Crippen molar-refractivity contribution in [3.05, 3.63) is 41.5 Å². The number of nitrogens with one attached hydrogen (secondary N) is 1. The van der Waals surface area contributed by atoms with Crippen LogP contribution in [-0.2, 0) is 4.79 Å². The topological polar surface area (TPSA) is 49.3 Å². The molecule has 0 unspecified atom stereocenters. The van der Waals surface area contributed by atoms with Gasteiger partial charge in [0.25, 0.3) is 0 Å². The predicted octanol–water partition coefficient (Wildman–Crippen LogP) is 1.90. The van der Waals surface area contributed by atoms with Gasteiger partial charge in [0.1, 0.15) is 0 Å². The number of rotatable bonds is 6. The number of aliphatic hydroxyl groups excluding tert-OH is 1. The molecule has 0 aliphatic heterocycles. The van der Waals surface area contributed by atoms with Crippen LogP contribution in [0.3, 0.4) is 0 Å². The molecule has 2 N–H and O–H groups in total. The summed E-state index contributed by atoms with van der Waals surface area (Å²) in [4.78, 5) is 11.4. The summed E-state index contributed by atoms with van der Waals surface area (Å²) in [7, 11) is 0. The molecule has 0 bridgehead atoms. The summed E-state index contributed by atoms with van der Waals surface area (Å²) in [5.74, 6) is -0.0915. The Balaban J connectivity index is 2.38. The number of carbonyl (C=O) groups excluding carboxylic acids is 1. The number of aryl methyl sites for hydroxylation is 1. The van der Waals surface area contributed by atoms with Crippen LogP contribution in [0.1, 0.15) is 24.0 Å². The Hall–Kier alpha value is -1.61. The molecule has 1 rings (SSSR count). The third-order valence-corrected chi connectivity index (χ3v) is 2.49. The zero-order valence-electron chi connectivity index (χ0n) is 10.1. The van der Waals surface area contributed by atoms with Gasteiger partial charge in [0.05, 0.1) is 0 Å². The quantitative estimate of drug-likeness (QED) is 0.582. The van der Waals surface area contributed by atoms with Gasteiger partial charge in [0.2, 0.25) is 5.91 Å². The normalized spacial score (nSPS) is 10.7. The highest BCUT2D eigenvalue weighted by atomic mass is 16.2. The second-order valence-electron chi connectivity index (χ2n) is 3.91. The van der Waals surface area contributed by atoms with E-state index in [0.29, 0.717) is 6.54 Å². The summed E-state index contributed by atoms with van der Waals surface area (Å²) in [5.41, 5.74) is 2.20. The summed E-state index contributed by atoms with van der Waals surface area (Å²) in [6, 6.07) is 7.91. The van der Waals surface area contributed by atoms with Gasteiger partial charge in [-0.15, -0.1) is 0 Å². The highest BCUT2D eigenvalue weighted by Crippen LogP contribution is 2.08. The van der Waals surface area contributed by atoms with Crippen molar-refractivity contribution in [1.82, 2.24) is 5.32 Å². The van der Waals surface area contributed by atoms with Crippen LogP contribution in [-0.4, -0.2) is 24.2 Å². The minimum atomic E-state index is -0.0915. The van der Waals surface area contributed by atoms with Gasteiger partial charge in [-0.3, -0.25) is 4.79 Å². The van der Waals surface area contributed by atoms with Crippen molar-refractivity contribution in [3.8, 4) is 0 Å². The van der Waals surface area contributed by atoms with Gasteiger partial charge in [-0.05, 0) is 37.0 Å². The van der Waals surface area contributed by atoms with Gasteiger partial charge in [0.15, 0.2) is 0 Å². The van der Waals surface area contributed by atoms with Crippen LogP contribution in [0, 0.1) is 6.92 Å². The number of hydrogen-bond donors (Lipinski definition) is 2. The molecular formula is C14H19NO2. The van der Waals surface area contributed by atoms with Crippen molar-refractivity contribution >= 4 is 12.0 Å². The fraction of sp³-hybridized carbons (Fsp3) is 0.357. The van der Waals surface area contributed by atoms with Crippen LogP contribution in [0.2, 0.25) is 0 Å². The standard InChI is InChI=1S/C14H19NO2/c1-12-6-2-3-7-13(12)8-9-14(17)15-10-4-5-11-16/h2-3,6-9,16H,4-5,10-11H2,1H3,(H,15,17)/b9-8+. The maximum absolute atomic E-state index is 11.4. The van der Waals surface area contributed by atoms with Crippen molar-refractivity contribution in [3.63, 3.8) is 0 Å². The Morgan fingerprint density at radius 1 is 1.35 bits per heavy atom. The summed E-state index contributed by atoms with van der Waals surface area (Å²) in [6.45, 7) is 2.80. The molecule has 1 amide bonds. The van der Waals surface area contributed by atoms with E-state index in [0.717, 1.165) is 24.0 Å². The van der Waals surface area contributed by atoms with E-state index in [1.807, 2.05) is 37.3 Å². The van der Waals surface area contributed by atoms with Crippen LogP contribution >= 0.6 is 0 Å². The first-order valence-electron chi connectivity index (χ1n) is 5.86. The Kier molecular flexibility index (Phi) is 6.04. The molecule has 0 fully saturated rings. The molecule has 0 atom stereocenters. The van der Waals surface area contributed by atoms with E-state index in [9.17, 15) is 4.79 Å². The Bertz CT molecular complexity index is 386. The Morgan fingerprint density at radius 3 is 2.82 bits per heavy atom. The van der Waals surface area contributed by atoms with Crippen LogP contribution in [0.5, 0.6) is 0 Å². The zero-order chi connectivity index (χ0) is 12.5. The molecule has 3 nitrogen and oxygen atoms in total. The van der Waals surface area contributed by atoms with E-state index >= 15 is 0 Å². The number of carbonyl (C=O) groups is 1. The average molecular weight is 233 g/mol. The van der Waals surface area contributed by atoms with Crippen molar-refractivity contribution in [2.45, 2.75) is 19.8 Å². The number of amides is 1. The van der Waals surface area contributed by atoms with E-state index in [4.69, 9.17) is 5.11 Å². The first-order chi connectivity index (χ1) is 8.24. The van der Waals surface area contributed by atoms with E-state index in [1.54, 1.807) is 6.08 Å². The van der Waals surface area contributed by atoms with Crippen molar-refractivity contribution in [2.24, 2.45) is 0 Å². The van der Waals surface area contributed by atoms with Gasteiger partial charge in [-0.25, -0.2) is 0 Å². The smallest absolute Gasteiger partial charge is 0.243 e. The summed E-state index contributed by atoms with van der Waals surface area (Å²) >= 11 is 0. The van der Waals surface area contributed by atoms with E-state index in [1.165, 1.54) is 0 Å². The summed E-state index contributed by atoms with van der Waals surface area (Å²) in [6.07, 6.45) is 4.89. The average Bonchev–Trinajstić information content (AvgIpc) is 2.34. The minimum absolute atomic E-state index is 0.0915. The molecule has 0 spiro atoms. The van der Waals surface area contributed by atoms with Gasteiger partial charge < -0.3 is 10.4 Å². The van der Waals surface area contributed by atoms with Crippen LogP contribution in [0.4, 0.5) is 0 Å². The lowest BCUT2D eigenvalue weighted by Crippen LogP contribution is -2.22. The van der Waals surface area contributed by atoms with E-state index < -0.39 is 0 Å². The van der Waals surface area contributed by atoms with Crippen LogP contribution in [0.15, 0.2) is 30.3 Å². The number of benzene rings is 1.